The first kappa shape index (κ1) is 16.1. The van der Waals surface area contributed by atoms with E-state index in [4.69, 9.17) is 9.84 Å². The van der Waals surface area contributed by atoms with Gasteiger partial charge >= 0.3 is 18.2 Å². The van der Waals surface area contributed by atoms with Gasteiger partial charge in [-0.3, -0.25) is 4.90 Å². The first-order valence-corrected chi connectivity index (χ1v) is 6.19. The zero-order valence-electron chi connectivity index (χ0n) is 12.0. The van der Waals surface area contributed by atoms with E-state index < -0.39 is 35.3 Å². The number of likely N-dealkylation sites (tertiary alicyclic amines) is 1. The van der Waals surface area contributed by atoms with Crippen LogP contribution in [0.2, 0.25) is 0 Å². The molecule has 1 fully saturated rings. The molecule has 2 amide bonds. The van der Waals surface area contributed by atoms with E-state index in [9.17, 15) is 19.5 Å². The third-order valence-corrected chi connectivity index (χ3v) is 3.06. The normalized spacial score (nSPS) is 26.2. The van der Waals surface area contributed by atoms with Gasteiger partial charge < -0.3 is 20.3 Å². The van der Waals surface area contributed by atoms with Crippen LogP contribution in [0.15, 0.2) is 0 Å². The molecule has 0 radical (unpaired) electrons. The van der Waals surface area contributed by atoms with Crippen molar-refractivity contribution in [1.82, 2.24) is 10.2 Å². The van der Waals surface area contributed by atoms with Crippen LogP contribution >= 0.6 is 0 Å². The number of aliphatic carboxylic acids is 1. The lowest BCUT2D eigenvalue weighted by Crippen LogP contribution is -2.50. The quantitative estimate of drug-likeness (QED) is 0.700. The van der Waals surface area contributed by atoms with Crippen LogP contribution in [0.5, 0.6) is 0 Å². The van der Waals surface area contributed by atoms with E-state index in [0.717, 1.165) is 4.90 Å². The molecule has 0 aromatic carbocycles. The van der Waals surface area contributed by atoms with E-state index in [0.29, 0.717) is 0 Å². The van der Waals surface area contributed by atoms with Crippen molar-refractivity contribution in [2.45, 2.75) is 51.3 Å². The van der Waals surface area contributed by atoms with Gasteiger partial charge in [-0.2, -0.15) is 0 Å². The first-order valence-electron chi connectivity index (χ1n) is 6.19. The summed E-state index contributed by atoms with van der Waals surface area (Å²) in [6.45, 7) is 6.34. The Bertz CT molecular complexity index is 430. The number of ether oxygens (including phenoxy) is 1. The zero-order chi connectivity index (χ0) is 15.7. The number of nitrogens with one attached hydrogen (secondary N) is 1. The van der Waals surface area contributed by atoms with E-state index in [-0.39, 0.29) is 13.0 Å². The van der Waals surface area contributed by atoms with Crippen molar-refractivity contribution in [3.05, 3.63) is 0 Å². The smallest absolute Gasteiger partial charge is 0.408 e. The molecular weight excluding hydrogens is 268 g/mol. The fraction of sp³-hybridized carbons (Fsp3) is 0.750. The minimum Gasteiger partial charge on any atom is -0.480 e. The largest absolute Gasteiger partial charge is 0.480 e. The van der Waals surface area contributed by atoms with E-state index in [1.54, 1.807) is 20.8 Å². The van der Waals surface area contributed by atoms with Crippen LogP contribution in [-0.2, 0) is 9.53 Å². The molecule has 1 saturated heterocycles. The van der Waals surface area contributed by atoms with Crippen LogP contribution in [0.3, 0.4) is 0 Å². The lowest BCUT2D eigenvalue weighted by molar-refractivity contribution is -0.147. The second kappa shape index (κ2) is 5.18. The van der Waals surface area contributed by atoms with Gasteiger partial charge in [0.25, 0.3) is 0 Å². The fourth-order valence-corrected chi connectivity index (χ4v) is 2.14. The predicted molar refractivity (Wildman–Crippen MR) is 68.5 cm³/mol. The lowest BCUT2D eigenvalue weighted by atomic mass is 9.98. The first-order chi connectivity index (χ1) is 8.95. The van der Waals surface area contributed by atoms with Crippen molar-refractivity contribution in [3.63, 3.8) is 0 Å². The van der Waals surface area contributed by atoms with Crippen LogP contribution < -0.4 is 5.32 Å². The molecule has 0 unspecified atom stereocenters. The molecule has 0 aromatic heterocycles. The van der Waals surface area contributed by atoms with Crippen LogP contribution in [0, 0.1) is 0 Å². The summed E-state index contributed by atoms with van der Waals surface area (Å²) in [5, 5.41) is 20.7. The van der Waals surface area contributed by atoms with Gasteiger partial charge in [-0.15, -0.1) is 0 Å². The highest BCUT2D eigenvalue weighted by molar-refractivity contribution is 5.84. The minimum atomic E-state index is -1.55. The number of carbonyl (C=O) groups is 3. The lowest BCUT2D eigenvalue weighted by Gasteiger charge is -2.27. The molecule has 114 valence electrons. The van der Waals surface area contributed by atoms with Gasteiger partial charge in [-0.25, -0.2) is 14.4 Å². The molecule has 0 aliphatic carbocycles. The summed E-state index contributed by atoms with van der Waals surface area (Å²) in [6.07, 6.45) is -2.03. The number of alkyl carbamates (subject to hydrolysis) is 1. The fourth-order valence-electron chi connectivity index (χ4n) is 2.14. The summed E-state index contributed by atoms with van der Waals surface area (Å²) in [5.41, 5.74) is -2.23. The Hall–Kier alpha value is -1.99. The average molecular weight is 288 g/mol. The van der Waals surface area contributed by atoms with Crippen molar-refractivity contribution >= 4 is 18.2 Å². The summed E-state index contributed by atoms with van der Waals surface area (Å²) >= 11 is 0. The molecule has 1 aliphatic rings. The third kappa shape index (κ3) is 3.52. The van der Waals surface area contributed by atoms with Gasteiger partial charge in [-0.05, 0) is 27.7 Å². The maximum absolute atomic E-state index is 11.6. The van der Waals surface area contributed by atoms with Gasteiger partial charge in [0.2, 0.25) is 0 Å². The SMILES string of the molecule is CC(C)(C)OC(=O)N[C@H]1CN(C(=O)O)[C@](C)(C(=O)O)C1. The standard InChI is InChI=1S/C12H20N2O6/c1-11(2,3)20-9(17)13-7-5-12(4,8(15)16)14(6-7)10(18)19/h7H,5-6H2,1-4H3,(H,13,17)(H,15,16)(H,18,19)/t7-,12+/m1/s1. The highest BCUT2D eigenvalue weighted by Crippen LogP contribution is 2.29. The Balaban J connectivity index is 2.75. The predicted octanol–water partition coefficient (Wildman–Crippen LogP) is 1.11. The number of hydrogen-bond acceptors (Lipinski definition) is 4. The molecule has 1 rings (SSSR count). The van der Waals surface area contributed by atoms with Gasteiger partial charge in [-0.1, -0.05) is 0 Å². The molecule has 8 heteroatoms. The Labute approximate surface area is 116 Å². The van der Waals surface area contributed by atoms with E-state index >= 15 is 0 Å². The Kier molecular flexibility index (Phi) is 4.16. The molecule has 20 heavy (non-hydrogen) atoms. The molecule has 0 bridgehead atoms. The Morgan fingerprint density at radius 1 is 1.30 bits per heavy atom. The highest BCUT2D eigenvalue weighted by atomic mass is 16.6. The Morgan fingerprint density at radius 2 is 1.85 bits per heavy atom. The molecule has 0 spiro atoms. The number of carboxylic acid groups (broad SMARTS) is 2. The molecule has 2 atom stereocenters. The maximum atomic E-state index is 11.6. The van der Waals surface area contributed by atoms with Gasteiger partial charge in [0, 0.05) is 13.0 Å². The third-order valence-electron chi connectivity index (χ3n) is 3.06. The van der Waals surface area contributed by atoms with Crippen molar-refractivity contribution in [2.24, 2.45) is 0 Å². The monoisotopic (exact) mass is 288 g/mol. The van der Waals surface area contributed by atoms with Crippen molar-refractivity contribution in [1.29, 1.82) is 0 Å². The molecular formula is C12H20N2O6. The van der Waals surface area contributed by atoms with Crippen LogP contribution in [0.4, 0.5) is 9.59 Å². The molecule has 1 aliphatic heterocycles. The number of rotatable bonds is 2. The van der Waals surface area contributed by atoms with E-state index in [1.807, 2.05) is 0 Å². The molecule has 1 heterocycles. The number of carbonyl (C=O) groups excluding carboxylic acids is 1. The summed E-state index contributed by atoms with van der Waals surface area (Å²) < 4.78 is 5.06. The number of hydrogen-bond donors (Lipinski definition) is 3. The topological polar surface area (TPSA) is 116 Å². The summed E-state index contributed by atoms with van der Waals surface area (Å²) in [4.78, 5) is 34.8. The van der Waals surface area contributed by atoms with E-state index in [1.165, 1.54) is 6.92 Å². The highest BCUT2D eigenvalue weighted by Gasteiger charge is 2.51. The zero-order valence-corrected chi connectivity index (χ0v) is 12.0. The average Bonchev–Trinajstić information content (AvgIpc) is 2.53. The van der Waals surface area contributed by atoms with Crippen LogP contribution in [0.1, 0.15) is 34.1 Å². The summed E-state index contributed by atoms with van der Waals surface area (Å²) in [5.74, 6) is -1.24. The van der Waals surface area contributed by atoms with E-state index in [2.05, 4.69) is 5.32 Å². The Morgan fingerprint density at radius 3 is 2.20 bits per heavy atom. The molecule has 0 saturated carbocycles. The summed E-state index contributed by atoms with van der Waals surface area (Å²) in [7, 11) is 0. The second-order valence-corrected chi connectivity index (χ2v) is 6.02. The molecule has 3 N–H and O–H groups in total. The summed E-state index contributed by atoms with van der Waals surface area (Å²) in [6, 6.07) is -0.595. The minimum absolute atomic E-state index is 0.00608. The van der Waals surface area contributed by atoms with Crippen molar-refractivity contribution < 1.29 is 29.3 Å². The van der Waals surface area contributed by atoms with Gasteiger partial charge in [0.05, 0.1) is 6.04 Å². The van der Waals surface area contributed by atoms with Crippen molar-refractivity contribution in [3.8, 4) is 0 Å². The second-order valence-electron chi connectivity index (χ2n) is 6.02. The number of carboxylic acids is 1. The van der Waals surface area contributed by atoms with Crippen LogP contribution in [-0.4, -0.2) is 57.0 Å². The number of amides is 2. The van der Waals surface area contributed by atoms with Gasteiger partial charge in [0.1, 0.15) is 11.1 Å². The van der Waals surface area contributed by atoms with Crippen LogP contribution in [0.25, 0.3) is 0 Å². The number of nitrogens with zero attached hydrogens (tertiary/aromatic N) is 1. The molecule has 8 nitrogen and oxygen atoms in total. The maximum Gasteiger partial charge on any atom is 0.408 e. The molecule has 0 aromatic rings. The van der Waals surface area contributed by atoms with Gasteiger partial charge in [0.15, 0.2) is 0 Å². The van der Waals surface area contributed by atoms with Crippen molar-refractivity contribution in [2.75, 3.05) is 6.54 Å².